The first-order valence-electron chi connectivity index (χ1n) is 8.97. The van der Waals surface area contributed by atoms with Gasteiger partial charge in [-0.15, -0.1) is 0 Å². The van der Waals surface area contributed by atoms with E-state index >= 15 is 0 Å². The summed E-state index contributed by atoms with van der Waals surface area (Å²) in [6.07, 6.45) is 0.699. The van der Waals surface area contributed by atoms with Gasteiger partial charge in [0.25, 0.3) is 0 Å². The summed E-state index contributed by atoms with van der Waals surface area (Å²) in [5.41, 5.74) is 3.21. The lowest BCUT2D eigenvalue weighted by Gasteiger charge is -2.18. The number of ether oxygens (including phenoxy) is 2. The molecular formula is C23H17ClN2O3. The number of cyclic esters (lactones) is 1. The zero-order valence-corrected chi connectivity index (χ0v) is 16.3. The number of halogens is 1. The zero-order valence-electron chi connectivity index (χ0n) is 15.6. The number of alkyl carbamates (subject to hydrolysis) is 1. The van der Waals surface area contributed by atoms with Gasteiger partial charge in [0, 0.05) is 11.8 Å². The molecule has 2 heterocycles. The molecule has 0 radical (unpaired) electrons. The smallest absolute Gasteiger partial charge is 0.408 e. The number of carbonyl (C=O) groups excluding carboxylic acids is 1. The Labute approximate surface area is 173 Å². The van der Waals surface area contributed by atoms with Crippen molar-refractivity contribution in [3.63, 3.8) is 0 Å². The van der Waals surface area contributed by atoms with Gasteiger partial charge in [0.05, 0.1) is 18.7 Å². The van der Waals surface area contributed by atoms with Crippen LogP contribution in [0.2, 0.25) is 5.15 Å². The molecule has 0 saturated carbocycles. The van der Waals surface area contributed by atoms with Crippen LogP contribution in [0.1, 0.15) is 34.4 Å². The quantitative estimate of drug-likeness (QED) is 0.509. The maximum atomic E-state index is 12.0. The monoisotopic (exact) mass is 404 g/mol. The van der Waals surface area contributed by atoms with Crippen molar-refractivity contribution in [1.82, 2.24) is 10.3 Å². The third-order valence-electron chi connectivity index (χ3n) is 4.58. The maximum absolute atomic E-state index is 12.0. The van der Waals surface area contributed by atoms with Crippen molar-refractivity contribution in [2.45, 2.75) is 12.1 Å². The molecule has 0 spiro atoms. The van der Waals surface area contributed by atoms with Gasteiger partial charge in [0.15, 0.2) is 6.10 Å². The number of hydrogen-bond acceptors (Lipinski definition) is 4. The molecule has 0 unspecified atom stereocenters. The van der Waals surface area contributed by atoms with Crippen LogP contribution in [0.3, 0.4) is 0 Å². The van der Waals surface area contributed by atoms with Gasteiger partial charge < -0.3 is 14.8 Å². The van der Waals surface area contributed by atoms with Crippen LogP contribution in [0.25, 0.3) is 0 Å². The molecule has 144 valence electrons. The summed E-state index contributed by atoms with van der Waals surface area (Å²) in [5, 5.41) is 3.25. The second kappa shape index (κ2) is 8.26. The van der Waals surface area contributed by atoms with E-state index in [9.17, 15) is 4.79 Å². The molecule has 0 bridgehead atoms. The van der Waals surface area contributed by atoms with Crippen LogP contribution in [-0.2, 0) is 4.74 Å². The number of methoxy groups -OCH3 is 1. The SMILES string of the molecule is COc1cccc([C@H]2OC(=O)N[C@@H]2c2cccc(C#Cc3cccnc3Cl)c2)c1. The Balaban J connectivity index is 1.64. The minimum atomic E-state index is -0.464. The summed E-state index contributed by atoms with van der Waals surface area (Å²) < 4.78 is 10.8. The molecule has 1 aliphatic rings. The fraction of sp³-hybridized carbons (Fsp3) is 0.130. The Kier molecular flexibility index (Phi) is 5.37. The number of amides is 1. The number of aromatic nitrogens is 1. The summed E-state index contributed by atoms with van der Waals surface area (Å²) in [6.45, 7) is 0. The van der Waals surface area contributed by atoms with Crippen LogP contribution in [0, 0.1) is 11.8 Å². The number of nitrogens with one attached hydrogen (secondary N) is 1. The molecule has 1 saturated heterocycles. The van der Waals surface area contributed by atoms with Gasteiger partial charge in [-0.1, -0.05) is 47.7 Å². The van der Waals surface area contributed by atoms with E-state index in [4.69, 9.17) is 21.1 Å². The molecule has 1 N–H and O–H groups in total. The largest absolute Gasteiger partial charge is 0.497 e. The van der Waals surface area contributed by atoms with E-state index < -0.39 is 12.2 Å². The van der Waals surface area contributed by atoms with Crippen molar-refractivity contribution in [3.05, 3.63) is 94.3 Å². The topological polar surface area (TPSA) is 60.5 Å². The van der Waals surface area contributed by atoms with E-state index in [-0.39, 0.29) is 6.04 Å². The number of rotatable bonds is 3. The van der Waals surface area contributed by atoms with Crippen LogP contribution < -0.4 is 10.1 Å². The minimum Gasteiger partial charge on any atom is -0.497 e. The standard InChI is InChI=1S/C23H17ClN2O3/c1-28-19-9-3-7-18(14-19)21-20(26-23(27)29-21)17-6-2-5-15(13-17)10-11-16-8-4-12-25-22(16)24/h2-9,12-14,20-21H,1H3,(H,26,27)/t20-,21-/m1/s1. The van der Waals surface area contributed by atoms with Crippen molar-refractivity contribution >= 4 is 17.7 Å². The van der Waals surface area contributed by atoms with Crippen molar-refractivity contribution in [2.75, 3.05) is 7.11 Å². The number of nitrogens with zero attached hydrogens (tertiary/aromatic N) is 1. The van der Waals surface area contributed by atoms with Crippen molar-refractivity contribution in [2.24, 2.45) is 0 Å². The maximum Gasteiger partial charge on any atom is 0.408 e. The van der Waals surface area contributed by atoms with Gasteiger partial charge in [-0.2, -0.15) is 0 Å². The zero-order chi connectivity index (χ0) is 20.2. The molecule has 0 aliphatic carbocycles. The first-order chi connectivity index (χ1) is 14.1. The highest BCUT2D eigenvalue weighted by Crippen LogP contribution is 2.37. The Morgan fingerprint density at radius 2 is 1.90 bits per heavy atom. The number of benzene rings is 2. The first kappa shape index (κ1) is 18.9. The van der Waals surface area contributed by atoms with Gasteiger partial charge in [-0.25, -0.2) is 9.78 Å². The molecule has 1 aromatic heterocycles. The van der Waals surface area contributed by atoms with E-state index in [0.29, 0.717) is 16.5 Å². The number of carbonyl (C=O) groups is 1. The predicted octanol–water partition coefficient (Wildman–Crippen LogP) is 4.67. The molecular weight excluding hydrogens is 388 g/mol. The summed E-state index contributed by atoms with van der Waals surface area (Å²) in [5.74, 6) is 6.84. The normalized spacial score (nSPS) is 17.7. The highest BCUT2D eigenvalue weighted by molar-refractivity contribution is 6.30. The highest BCUT2D eigenvalue weighted by Gasteiger charge is 2.36. The van der Waals surface area contributed by atoms with Gasteiger partial charge in [0.2, 0.25) is 0 Å². The lowest BCUT2D eigenvalue weighted by molar-refractivity contribution is 0.132. The Morgan fingerprint density at radius 3 is 2.72 bits per heavy atom. The van der Waals surface area contributed by atoms with Crippen LogP contribution in [0.15, 0.2) is 66.9 Å². The van der Waals surface area contributed by atoms with Crippen molar-refractivity contribution in [1.29, 1.82) is 0 Å². The van der Waals surface area contributed by atoms with Crippen LogP contribution in [-0.4, -0.2) is 18.2 Å². The summed E-state index contributed by atoms with van der Waals surface area (Å²) in [7, 11) is 1.60. The molecule has 3 aromatic rings. The first-order valence-corrected chi connectivity index (χ1v) is 9.35. The fourth-order valence-electron chi connectivity index (χ4n) is 3.19. The lowest BCUT2D eigenvalue weighted by Crippen LogP contribution is -2.19. The molecule has 6 heteroatoms. The Morgan fingerprint density at radius 1 is 1.07 bits per heavy atom. The van der Waals surface area contributed by atoms with E-state index in [0.717, 1.165) is 16.7 Å². The average molecular weight is 405 g/mol. The third-order valence-corrected chi connectivity index (χ3v) is 4.88. The van der Waals surface area contributed by atoms with E-state index in [1.165, 1.54) is 0 Å². The Hall–Kier alpha value is -3.49. The van der Waals surface area contributed by atoms with Crippen LogP contribution >= 0.6 is 11.6 Å². The van der Waals surface area contributed by atoms with Gasteiger partial charge in [-0.05, 0) is 47.5 Å². The molecule has 1 fully saturated rings. The van der Waals surface area contributed by atoms with Crippen molar-refractivity contribution in [3.8, 4) is 17.6 Å². The summed E-state index contributed by atoms with van der Waals surface area (Å²) in [6, 6.07) is 18.4. The Bertz CT molecular complexity index is 1120. The third kappa shape index (κ3) is 4.18. The van der Waals surface area contributed by atoms with E-state index in [2.05, 4.69) is 22.1 Å². The molecule has 1 amide bonds. The fourth-order valence-corrected chi connectivity index (χ4v) is 3.35. The van der Waals surface area contributed by atoms with Gasteiger partial charge >= 0.3 is 6.09 Å². The second-order valence-corrected chi connectivity index (χ2v) is 6.80. The summed E-state index contributed by atoms with van der Waals surface area (Å²) >= 11 is 6.07. The van der Waals surface area contributed by atoms with Crippen LogP contribution in [0.4, 0.5) is 4.79 Å². The predicted molar refractivity (Wildman–Crippen MR) is 110 cm³/mol. The highest BCUT2D eigenvalue weighted by atomic mass is 35.5. The summed E-state index contributed by atoms with van der Waals surface area (Å²) in [4.78, 5) is 16.0. The number of pyridine rings is 1. The molecule has 4 rings (SSSR count). The lowest BCUT2D eigenvalue weighted by atomic mass is 9.95. The number of hydrogen-bond donors (Lipinski definition) is 1. The molecule has 5 nitrogen and oxygen atoms in total. The van der Waals surface area contributed by atoms with Gasteiger partial charge in [-0.3, -0.25) is 0 Å². The molecule has 1 aliphatic heterocycles. The minimum absolute atomic E-state index is 0.335. The molecule has 2 atom stereocenters. The van der Waals surface area contributed by atoms with E-state index in [1.54, 1.807) is 19.4 Å². The van der Waals surface area contributed by atoms with Crippen LogP contribution in [0.5, 0.6) is 5.75 Å². The average Bonchev–Trinajstić information content (AvgIpc) is 3.15. The molecule has 2 aromatic carbocycles. The van der Waals surface area contributed by atoms with E-state index in [1.807, 2.05) is 54.6 Å². The second-order valence-electron chi connectivity index (χ2n) is 6.44. The van der Waals surface area contributed by atoms with Gasteiger partial charge in [0.1, 0.15) is 10.9 Å². The van der Waals surface area contributed by atoms with Crippen molar-refractivity contribution < 1.29 is 14.3 Å². The molecule has 29 heavy (non-hydrogen) atoms.